The predicted molar refractivity (Wildman–Crippen MR) is 108 cm³/mol. The first-order valence-electron chi connectivity index (χ1n) is 8.88. The van der Waals surface area contributed by atoms with Crippen LogP contribution in [0.5, 0.6) is 0 Å². The molecule has 2 aromatic carbocycles. The van der Waals surface area contributed by atoms with Crippen LogP contribution in [0.1, 0.15) is 29.8 Å². The number of rotatable bonds is 4. The summed E-state index contributed by atoms with van der Waals surface area (Å²) in [7, 11) is 1.97. The Kier molecular flexibility index (Phi) is 5.41. The third kappa shape index (κ3) is 4.08. The summed E-state index contributed by atoms with van der Waals surface area (Å²) in [5.74, 6) is -0.585. The first-order chi connectivity index (χ1) is 13.0. The van der Waals surface area contributed by atoms with Crippen molar-refractivity contribution in [1.82, 2.24) is 15.0 Å². The molecule has 2 amide bonds. The number of amides is 2. The van der Waals surface area contributed by atoms with E-state index in [2.05, 4.69) is 5.43 Å². The molecule has 1 aromatic heterocycles. The molecule has 27 heavy (non-hydrogen) atoms. The summed E-state index contributed by atoms with van der Waals surface area (Å²) in [4.78, 5) is 25.1. The first kappa shape index (κ1) is 18.5. The number of aryl methyl sites for hydroxylation is 1. The van der Waals surface area contributed by atoms with Gasteiger partial charge in [0.25, 0.3) is 11.8 Å². The average Bonchev–Trinajstić information content (AvgIpc) is 3.00. The van der Waals surface area contributed by atoms with Gasteiger partial charge >= 0.3 is 0 Å². The van der Waals surface area contributed by atoms with Crippen molar-refractivity contribution < 1.29 is 9.59 Å². The molecule has 0 aliphatic heterocycles. The highest BCUT2D eigenvalue weighted by Gasteiger charge is 2.18. The van der Waals surface area contributed by atoms with Crippen LogP contribution in [0.4, 0.5) is 0 Å². The van der Waals surface area contributed by atoms with Gasteiger partial charge in [-0.2, -0.15) is 0 Å². The second-order valence-corrected chi connectivity index (χ2v) is 6.65. The van der Waals surface area contributed by atoms with Crippen molar-refractivity contribution >= 4 is 28.8 Å². The SMILES string of the molecule is CC(C)N(NC(=O)c1ccccc1)C(=O)/C=C/c1cn(C)c2ccccc12. The highest BCUT2D eigenvalue weighted by molar-refractivity contribution is 5.99. The van der Waals surface area contributed by atoms with Gasteiger partial charge in [-0.15, -0.1) is 0 Å². The van der Waals surface area contributed by atoms with Gasteiger partial charge < -0.3 is 4.57 Å². The quantitative estimate of drug-likeness (QED) is 0.568. The smallest absolute Gasteiger partial charge is 0.269 e. The van der Waals surface area contributed by atoms with E-state index in [0.29, 0.717) is 5.56 Å². The Hall–Kier alpha value is -3.34. The maximum absolute atomic E-state index is 12.7. The fraction of sp³-hybridized carbons (Fsp3) is 0.182. The van der Waals surface area contributed by atoms with Gasteiger partial charge in [0.1, 0.15) is 0 Å². The summed E-state index contributed by atoms with van der Waals surface area (Å²) < 4.78 is 2.02. The summed E-state index contributed by atoms with van der Waals surface area (Å²) in [5, 5.41) is 2.42. The predicted octanol–water partition coefficient (Wildman–Crippen LogP) is 3.77. The number of carbonyl (C=O) groups excluding carboxylic acids is 2. The summed E-state index contributed by atoms with van der Waals surface area (Å²) in [5.41, 5.74) is 5.27. The van der Waals surface area contributed by atoms with E-state index in [1.54, 1.807) is 30.3 Å². The Morgan fingerprint density at radius 1 is 1.04 bits per heavy atom. The van der Waals surface area contributed by atoms with Crippen molar-refractivity contribution in [2.45, 2.75) is 19.9 Å². The van der Waals surface area contributed by atoms with E-state index in [4.69, 9.17) is 0 Å². The van der Waals surface area contributed by atoms with Gasteiger partial charge in [0.2, 0.25) is 0 Å². The molecule has 3 aromatic rings. The molecule has 1 N–H and O–H groups in total. The standard InChI is InChI=1S/C22H23N3O2/c1-16(2)25(23-22(27)17-9-5-4-6-10-17)21(26)14-13-18-15-24(3)20-12-8-7-11-19(18)20/h4-16H,1-3H3,(H,23,27)/b14-13+. The van der Waals surface area contributed by atoms with Crippen molar-refractivity contribution in [2.24, 2.45) is 7.05 Å². The number of fused-ring (bicyclic) bond motifs is 1. The lowest BCUT2D eigenvalue weighted by Gasteiger charge is -2.25. The van der Waals surface area contributed by atoms with Crippen LogP contribution in [0.3, 0.4) is 0 Å². The zero-order chi connectivity index (χ0) is 19.4. The normalized spacial score (nSPS) is 11.3. The zero-order valence-corrected chi connectivity index (χ0v) is 15.7. The third-order valence-corrected chi connectivity index (χ3v) is 4.35. The van der Waals surface area contributed by atoms with Crippen LogP contribution in [-0.4, -0.2) is 27.4 Å². The monoisotopic (exact) mass is 361 g/mol. The lowest BCUT2D eigenvalue weighted by Crippen LogP contribution is -2.49. The molecule has 0 aliphatic carbocycles. The molecule has 0 saturated heterocycles. The number of carbonyl (C=O) groups is 2. The first-order valence-corrected chi connectivity index (χ1v) is 8.88. The van der Waals surface area contributed by atoms with Crippen LogP contribution in [0.15, 0.2) is 66.9 Å². The molecule has 0 spiro atoms. The zero-order valence-electron chi connectivity index (χ0n) is 15.7. The van der Waals surface area contributed by atoms with Crippen LogP contribution in [0, 0.1) is 0 Å². The lowest BCUT2D eigenvalue weighted by molar-refractivity contribution is -0.130. The minimum absolute atomic E-state index is 0.178. The molecule has 5 heteroatoms. The van der Waals surface area contributed by atoms with Crippen molar-refractivity contribution in [3.05, 3.63) is 78.0 Å². The maximum atomic E-state index is 12.7. The molecule has 0 saturated carbocycles. The molecule has 1 heterocycles. The number of benzene rings is 2. The molecule has 0 fully saturated rings. The number of para-hydroxylation sites is 1. The maximum Gasteiger partial charge on any atom is 0.269 e. The number of aromatic nitrogens is 1. The summed E-state index contributed by atoms with van der Waals surface area (Å²) >= 11 is 0. The van der Waals surface area contributed by atoms with Gasteiger partial charge in [0.15, 0.2) is 0 Å². The number of hydrazine groups is 1. The van der Waals surface area contributed by atoms with Gasteiger partial charge in [0.05, 0.1) is 0 Å². The molecule has 0 unspecified atom stereocenters. The Labute approximate surface area is 158 Å². The average molecular weight is 361 g/mol. The van der Waals surface area contributed by atoms with E-state index in [0.717, 1.165) is 16.5 Å². The molecule has 0 atom stereocenters. The second kappa shape index (κ2) is 7.91. The Bertz CT molecular complexity index is 987. The van der Waals surface area contributed by atoms with Crippen LogP contribution < -0.4 is 5.43 Å². The van der Waals surface area contributed by atoms with Crippen LogP contribution in [0.2, 0.25) is 0 Å². The van der Waals surface area contributed by atoms with Crippen LogP contribution in [0.25, 0.3) is 17.0 Å². The van der Waals surface area contributed by atoms with Gasteiger partial charge in [-0.25, -0.2) is 5.01 Å². The van der Waals surface area contributed by atoms with Gasteiger partial charge in [-0.1, -0.05) is 36.4 Å². The molecular weight excluding hydrogens is 338 g/mol. The Morgan fingerprint density at radius 3 is 2.41 bits per heavy atom. The van der Waals surface area contributed by atoms with E-state index in [1.807, 2.05) is 62.0 Å². The number of nitrogens with zero attached hydrogens (tertiary/aromatic N) is 2. The Morgan fingerprint density at radius 2 is 1.70 bits per heavy atom. The van der Waals surface area contributed by atoms with E-state index in [-0.39, 0.29) is 17.9 Å². The van der Waals surface area contributed by atoms with E-state index >= 15 is 0 Å². The van der Waals surface area contributed by atoms with Crippen molar-refractivity contribution in [2.75, 3.05) is 0 Å². The fourth-order valence-electron chi connectivity index (χ4n) is 2.95. The minimum Gasteiger partial charge on any atom is -0.350 e. The Balaban J connectivity index is 1.79. The van der Waals surface area contributed by atoms with Gasteiger partial charge in [-0.3, -0.25) is 15.0 Å². The van der Waals surface area contributed by atoms with Crippen molar-refractivity contribution in [1.29, 1.82) is 0 Å². The fourth-order valence-corrected chi connectivity index (χ4v) is 2.95. The molecule has 5 nitrogen and oxygen atoms in total. The third-order valence-electron chi connectivity index (χ3n) is 4.35. The second-order valence-electron chi connectivity index (χ2n) is 6.65. The summed E-state index contributed by atoms with van der Waals surface area (Å²) in [6.07, 6.45) is 5.26. The van der Waals surface area contributed by atoms with Crippen molar-refractivity contribution in [3.63, 3.8) is 0 Å². The molecule has 138 valence electrons. The number of nitrogens with one attached hydrogen (secondary N) is 1. The van der Waals surface area contributed by atoms with Crippen molar-refractivity contribution in [3.8, 4) is 0 Å². The van der Waals surface area contributed by atoms with Gasteiger partial charge in [-0.05, 0) is 38.1 Å². The van der Waals surface area contributed by atoms with E-state index in [1.165, 1.54) is 11.1 Å². The molecule has 3 rings (SSSR count). The molecular formula is C22H23N3O2. The highest BCUT2D eigenvalue weighted by Crippen LogP contribution is 2.21. The number of hydrogen-bond acceptors (Lipinski definition) is 2. The highest BCUT2D eigenvalue weighted by atomic mass is 16.2. The molecule has 0 bridgehead atoms. The van der Waals surface area contributed by atoms with E-state index < -0.39 is 0 Å². The minimum atomic E-state index is -0.309. The van der Waals surface area contributed by atoms with Crippen LogP contribution in [-0.2, 0) is 11.8 Å². The number of hydrogen-bond donors (Lipinski definition) is 1. The largest absolute Gasteiger partial charge is 0.350 e. The molecule has 0 radical (unpaired) electrons. The summed E-state index contributed by atoms with van der Waals surface area (Å²) in [6.45, 7) is 3.71. The van der Waals surface area contributed by atoms with Crippen LogP contribution >= 0.6 is 0 Å². The topological polar surface area (TPSA) is 54.3 Å². The summed E-state index contributed by atoms with van der Waals surface area (Å²) in [6, 6.07) is 16.7. The molecule has 0 aliphatic rings. The van der Waals surface area contributed by atoms with E-state index in [9.17, 15) is 9.59 Å². The lowest BCUT2D eigenvalue weighted by atomic mass is 10.1. The van der Waals surface area contributed by atoms with Gasteiger partial charge in [0, 0.05) is 47.4 Å².